The average Bonchev–Trinajstić information content (AvgIpc) is 2.28. The van der Waals surface area contributed by atoms with Crippen LogP contribution in [0.2, 0.25) is 0 Å². The SMILES string of the molecule is O=c1nc2ccccc2cc(F)c1F. The number of nitrogens with zero attached hydrogens (tertiary/aromatic N) is 1. The molecule has 0 fully saturated rings. The van der Waals surface area contributed by atoms with Gasteiger partial charge in [0.2, 0.25) is 5.82 Å². The molecule has 0 N–H and O–H groups in total. The van der Waals surface area contributed by atoms with E-state index in [1.165, 1.54) is 6.07 Å². The summed E-state index contributed by atoms with van der Waals surface area (Å²) >= 11 is 0. The fraction of sp³-hybridized carbons (Fsp3) is 0. The summed E-state index contributed by atoms with van der Waals surface area (Å²) in [7, 11) is 0. The van der Waals surface area contributed by atoms with Gasteiger partial charge in [-0.05, 0) is 12.1 Å². The van der Waals surface area contributed by atoms with Gasteiger partial charge in [0, 0.05) is 5.39 Å². The predicted octanol–water partition coefficient (Wildman–Crippen LogP) is 1.87. The van der Waals surface area contributed by atoms with E-state index < -0.39 is 17.2 Å². The standard InChI is InChI=1S/C10H5F2NO/c11-7-5-6-3-1-2-4-8(6)13-10(14)9(7)12/h1-5H. The molecule has 70 valence electrons. The van der Waals surface area contributed by atoms with Crippen molar-refractivity contribution in [3.05, 3.63) is 52.3 Å². The van der Waals surface area contributed by atoms with Crippen LogP contribution in [0, 0.1) is 11.6 Å². The summed E-state index contributed by atoms with van der Waals surface area (Å²) < 4.78 is 25.8. The number of benzene rings is 1. The molecule has 1 aromatic heterocycles. The highest BCUT2D eigenvalue weighted by Crippen LogP contribution is 2.10. The van der Waals surface area contributed by atoms with E-state index in [1.54, 1.807) is 18.2 Å². The van der Waals surface area contributed by atoms with Crippen LogP contribution in [-0.4, -0.2) is 4.98 Å². The fourth-order valence-corrected chi connectivity index (χ4v) is 1.17. The van der Waals surface area contributed by atoms with Crippen molar-refractivity contribution in [2.75, 3.05) is 0 Å². The highest BCUT2D eigenvalue weighted by atomic mass is 19.2. The van der Waals surface area contributed by atoms with Crippen LogP contribution >= 0.6 is 0 Å². The number of hydrogen-bond acceptors (Lipinski definition) is 2. The lowest BCUT2D eigenvalue weighted by atomic mass is 10.2. The van der Waals surface area contributed by atoms with E-state index in [4.69, 9.17) is 0 Å². The largest absolute Gasteiger partial charge is 0.309 e. The predicted molar refractivity (Wildman–Crippen MR) is 47.9 cm³/mol. The third-order valence-corrected chi connectivity index (χ3v) is 1.84. The van der Waals surface area contributed by atoms with Gasteiger partial charge in [-0.3, -0.25) is 4.79 Å². The molecule has 1 aromatic carbocycles. The third-order valence-electron chi connectivity index (χ3n) is 1.84. The Balaban J connectivity index is 3.02. The van der Waals surface area contributed by atoms with Crippen LogP contribution in [-0.2, 0) is 0 Å². The zero-order valence-electron chi connectivity index (χ0n) is 7.00. The van der Waals surface area contributed by atoms with E-state index in [0.717, 1.165) is 6.07 Å². The first-order valence-corrected chi connectivity index (χ1v) is 3.93. The Kier molecular flexibility index (Phi) is 1.96. The maximum absolute atomic E-state index is 12.9. The van der Waals surface area contributed by atoms with Gasteiger partial charge in [0.15, 0.2) is 5.82 Å². The Morgan fingerprint density at radius 1 is 1.14 bits per heavy atom. The fourth-order valence-electron chi connectivity index (χ4n) is 1.17. The number of aromatic nitrogens is 1. The average molecular weight is 193 g/mol. The van der Waals surface area contributed by atoms with Crippen molar-refractivity contribution >= 4 is 10.9 Å². The van der Waals surface area contributed by atoms with Crippen LogP contribution in [0.5, 0.6) is 0 Å². The van der Waals surface area contributed by atoms with Crippen LogP contribution in [0.15, 0.2) is 35.1 Å². The van der Waals surface area contributed by atoms with Crippen molar-refractivity contribution < 1.29 is 8.78 Å². The molecule has 0 aliphatic heterocycles. The second-order valence-electron chi connectivity index (χ2n) is 2.78. The molecule has 2 aromatic rings. The molecule has 0 unspecified atom stereocenters. The van der Waals surface area contributed by atoms with Gasteiger partial charge in [-0.15, -0.1) is 0 Å². The smallest absolute Gasteiger partial charge is 0.264 e. The van der Waals surface area contributed by atoms with Gasteiger partial charge in [-0.2, -0.15) is 4.39 Å². The molecular formula is C10H5F2NO. The molecule has 0 saturated heterocycles. The number of halogens is 2. The lowest BCUT2D eigenvalue weighted by Gasteiger charge is -1.86. The first-order valence-electron chi connectivity index (χ1n) is 3.93. The Hall–Kier alpha value is -1.84. The summed E-state index contributed by atoms with van der Waals surface area (Å²) in [6.45, 7) is 0. The van der Waals surface area contributed by atoms with Gasteiger partial charge in [-0.25, -0.2) is 9.37 Å². The highest BCUT2D eigenvalue weighted by molar-refractivity contribution is 5.77. The molecule has 0 radical (unpaired) electrons. The van der Waals surface area contributed by atoms with E-state index in [2.05, 4.69) is 4.98 Å². The molecule has 4 heteroatoms. The van der Waals surface area contributed by atoms with Gasteiger partial charge < -0.3 is 0 Å². The lowest BCUT2D eigenvalue weighted by molar-refractivity contribution is 0.502. The molecule has 0 aliphatic rings. The summed E-state index contributed by atoms with van der Waals surface area (Å²) in [5.74, 6) is -2.62. The topological polar surface area (TPSA) is 30.0 Å². The van der Waals surface area contributed by atoms with Crippen molar-refractivity contribution in [1.82, 2.24) is 4.98 Å². The molecule has 0 amide bonds. The maximum atomic E-state index is 12.9. The molecule has 1 heterocycles. The van der Waals surface area contributed by atoms with E-state index in [9.17, 15) is 13.6 Å². The first kappa shape index (κ1) is 8.74. The van der Waals surface area contributed by atoms with Gasteiger partial charge in [-0.1, -0.05) is 18.2 Å². The van der Waals surface area contributed by atoms with Crippen LogP contribution < -0.4 is 5.56 Å². The van der Waals surface area contributed by atoms with E-state index in [1.807, 2.05) is 0 Å². The van der Waals surface area contributed by atoms with Gasteiger partial charge >= 0.3 is 5.56 Å². The Morgan fingerprint density at radius 3 is 2.64 bits per heavy atom. The summed E-state index contributed by atoms with van der Waals surface area (Å²) in [6, 6.07) is 7.34. The molecule has 2 nitrogen and oxygen atoms in total. The molecule has 0 saturated carbocycles. The van der Waals surface area contributed by atoms with E-state index in [-0.39, 0.29) is 5.52 Å². The Labute approximate surface area is 77.8 Å². The maximum Gasteiger partial charge on any atom is 0.309 e. The number of rotatable bonds is 0. The quantitative estimate of drug-likeness (QED) is 0.639. The van der Waals surface area contributed by atoms with Gasteiger partial charge in [0.25, 0.3) is 0 Å². The molecule has 2 rings (SSSR count). The zero-order valence-corrected chi connectivity index (χ0v) is 7.00. The third kappa shape index (κ3) is 1.35. The van der Waals surface area contributed by atoms with Crippen molar-refractivity contribution in [1.29, 1.82) is 0 Å². The van der Waals surface area contributed by atoms with Crippen LogP contribution in [0.3, 0.4) is 0 Å². The van der Waals surface area contributed by atoms with Gasteiger partial charge in [0.05, 0.1) is 5.52 Å². The normalized spacial score (nSPS) is 10.4. The molecule has 0 spiro atoms. The first-order chi connectivity index (χ1) is 6.68. The molecular weight excluding hydrogens is 188 g/mol. The minimum Gasteiger partial charge on any atom is -0.264 e. The van der Waals surface area contributed by atoms with Gasteiger partial charge in [0.1, 0.15) is 0 Å². The minimum absolute atomic E-state index is 0.278. The molecule has 0 aliphatic carbocycles. The molecule has 0 bridgehead atoms. The zero-order chi connectivity index (χ0) is 10.1. The summed E-state index contributed by atoms with van der Waals surface area (Å²) in [5, 5.41) is 0.394. The van der Waals surface area contributed by atoms with E-state index in [0.29, 0.717) is 5.39 Å². The van der Waals surface area contributed by atoms with E-state index >= 15 is 0 Å². The van der Waals surface area contributed by atoms with Crippen LogP contribution in [0.25, 0.3) is 10.9 Å². The Bertz CT molecular complexity index is 554. The number of para-hydroxylation sites is 1. The van der Waals surface area contributed by atoms with Crippen molar-refractivity contribution in [3.63, 3.8) is 0 Å². The van der Waals surface area contributed by atoms with Crippen molar-refractivity contribution in [3.8, 4) is 0 Å². The Morgan fingerprint density at radius 2 is 1.86 bits per heavy atom. The number of hydrogen-bond donors (Lipinski definition) is 0. The minimum atomic E-state index is -1.44. The van der Waals surface area contributed by atoms with Crippen LogP contribution in [0.4, 0.5) is 8.78 Å². The monoisotopic (exact) mass is 193 g/mol. The highest BCUT2D eigenvalue weighted by Gasteiger charge is 2.06. The second kappa shape index (κ2) is 3.14. The van der Waals surface area contributed by atoms with Crippen molar-refractivity contribution in [2.24, 2.45) is 0 Å². The van der Waals surface area contributed by atoms with Crippen molar-refractivity contribution in [2.45, 2.75) is 0 Å². The summed E-state index contributed by atoms with van der Waals surface area (Å²) in [6.07, 6.45) is 0. The van der Waals surface area contributed by atoms with Crippen LogP contribution in [0.1, 0.15) is 0 Å². The summed E-state index contributed by atoms with van der Waals surface area (Å²) in [4.78, 5) is 14.4. The number of fused-ring (bicyclic) bond motifs is 1. The molecule has 0 atom stereocenters. The second-order valence-corrected chi connectivity index (χ2v) is 2.78. The lowest BCUT2D eigenvalue weighted by Crippen LogP contribution is -2.07. The summed E-state index contributed by atoms with van der Waals surface area (Å²) in [5.41, 5.74) is -0.899. The molecule has 14 heavy (non-hydrogen) atoms.